The average Bonchev–Trinajstić information content (AvgIpc) is 2.75. The third kappa shape index (κ3) is 5.74. The summed E-state index contributed by atoms with van der Waals surface area (Å²) in [5, 5.41) is 15.6. The van der Waals surface area contributed by atoms with Crippen molar-refractivity contribution >= 4 is 17.6 Å². The Kier molecular flexibility index (Phi) is 7.49. The zero-order valence-corrected chi connectivity index (χ0v) is 18.0. The van der Waals surface area contributed by atoms with E-state index in [0.717, 1.165) is 16.9 Å². The maximum absolute atomic E-state index is 12.5. The van der Waals surface area contributed by atoms with Crippen molar-refractivity contribution in [1.29, 1.82) is 0 Å². The summed E-state index contributed by atoms with van der Waals surface area (Å²) in [5.41, 5.74) is 2.40. The van der Waals surface area contributed by atoms with E-state index in [2.05, 4.69) is 10.6 Å². The molecule has 1 saturated heterocycles. The summed E-state index contributed by atoms with van der Waals surface area (Å²) >= 11 is 0. The third-order valence-electron chi connectivity index (χ3n) is 5.07. The molecule has 2 unspecified atom stereocenters. The third-order valence-corrected chi connectivity index (χ3v) is 5.07. The number of aliphatic hydroxyl groups is 1. The number of ether oxygens (including phenoxy) is 2. The molecule has 0 aliphatic carbocycles. The largest absolute Gasteiger partial charge is 0.497 e. The minimum Gasteiger partial charge on any atom is -0.497 e. The summed E-state index contributed by atoms with van der Waals surface area (Å²) in [6, 6.07) is 13.9. The van der Waals surface area contributed by atoms with Crippen LogP contribution in [0, 0.1) is 0 Å². The van der Waals surface area contributed by atoms with E-state index in [4.69, 9.17) is 9.47 Å². The zero-order valence-electron chi connectivity index (χ0n) is 18.0. The Morgan fingerprint density at radius 3 is 2.45 bits per heavy atom. The standard InChI is InChI=1S/C23H29N3O5/c1-15(2)24-23(29)25-18-8-6-17(7-9-18)22-20(13-27)26(21(28)14-31-22)12-16-4-10-19(30-3)11-5-16/h4-11,15,20,22,27H,12-14H2,1-3H3,(H2,24,25,29). The van der Waals surface area contributed by atoms with Crippen LogP contribution in [0.5, 0.6) is 5.75 Å². The maximum atomic E-state index is 12.5. The van der Waals surface area contributed by atoms with Crippen LogP contribution in [0.4, 0.5) is 10.5 Å². The number of rotatable bonds is 7. The monoisotopic (exact) mass is 427 g/mol. The lowest BCUT2D eigenvalue weighted by molar-refractivity contribution is -0.162. The molecule has 31 heavy (non-hydrogen) atoms. The smallest absolute Gasteiger partial charge is 0.319 e. The number of benzene rings is 2. The number of hydrogen-bond acceptors (Lipinski definition) is 5. The molecule has 3 N–H and O–H groups in total. The van der Waals surface area contributed by atoms with Crippen LogP contribution in [-0.2, 0) is 16.1 Å². The lowest BCUT2D eigenvalue weighted by Crippen LogP contribution is -2.52. The highest BCUT2D eigenvalue weighted by Crippen LogP contribution is 2.31. The fourth-order valence-corrected chi connectivity index (χ4v) is 3.53. The van der Waals surface area contributed by atoms with Crippen molar-refractivity contribution in [3.8, 4) is 5.75 Å². The molecule has 0 aromatic heterocycles. The summed E-state index contributed by atoms with van der Waals surface area (Å²) in [7, 11) is 1.60. The zero-order chi connectivity index (χ0) is 22.4. The number of hydrogen-bond donors (Lipinski definition) is 3. The van der Waals surface area contributed by atoms with E-state index in [1.807, 2.05) is 50.2 Å². The van der Waals surface area contributed by atoms with Gasteiger partial charge in [-0.25, -0.2) is 4.79 Å². The maximum Gasteiger partial charge on any atom is 0.319 e. The number of aliphatic hydroxyl groups excluding tert-OH is 1. The van der Waals surface area contributed by atoms with Crippen LogP contribution in [-0.4, -0.2) is 54.4 Å². The molecule has 0 spiro atoms. The second-order valence-corrected chi connectivity index (χ2v) is 7.73. The molecule has 166 valence electrons. The lowest BCUT2D eigenvalue weighted by Gasteiger charge is -2.40. The van der Waals surface area contributed by atoms with Gasteiger partial charge in [-0.3, -0.25) is 4.79 Å². The molecule has 0 radical (unpaired) electrons. The molecule has 1 aliphatic heterocycles. The van der Waals surface area contributed by atoms with Gasteiger partial charge in [-0.1, -0.05) is 24.3 Å². The van der Waals surface area contributed by atoms with E-state index in [0.29, 0.717) is 12.2 Å². The van der Waals surface area contributed by atoms with Crippen LogP contribution < -0.4 is 15.4 Å². The Bertz CT molecular complexity index is 883. The SMILES string of the molecule is COc1ccc(CN2C(=O)COC(c3ccc(NC(=O)NC(C)C)cc3)C2CO)cc1. The van der Waals surface area contributed by atoms with Crippen molar-refractivity contribution < 1.29 is 24.2 Å². The number of carbonyl (C=O) groups excluding carboxylic acids is 2. The van der Waals surface area contributed by atoms with Gasteiger partial charge >= 0.3 is 6.03 Å². The first-order chi connectivity index (χ1) is 14.9. The van der Waals surface area contributed by atoms with Crippen molar-refractivity contribution in [1.82, 2.24) is 10.2 Å². The van der Waals surface area contributed by atoms with Crippen LogP contribution in [0.25, 0.3) is 0 Å². The molecule has 0 saturated carbocycles. The molecular weight excluding hydrogens is 398 g/mol. The van der Waals surface area contributed by atoms with E-state index in [9.17, 15) is 14.7 Å². The topological polar surface area (TPSA) is 100 Å². The first-order valence-corrected chi connectivity index (χ1v) is 10.2. The van der Waals surface area contributed by atoms with Gasteiger partial charge in [0.15, 0.2) is 0 Å². The van der Waals surface area contributed by atoms with Gasteiger partial charge in [-0.2, -0.15) is 0 Å². The summed E-state index contributed by atoms with van der Waals surface area (Å²) in [6.45, 7) is 3.84. The van der Waals surface area contributed by atoms with Gasteiger partial charge in [0.25, 0.3) is 0 Å². The van der Waals surface area contributed by atoms with E-state index < -0.39 is 12.1 Å². The first-order valence-electron chi connectivity index (χ1n) is 10.2. The number of nitrogens with zero attached hydrogens (tertiary/aromatic N) is 1. The average molecular weight is 428 g/mol. The predicted octanol–water partition coefficient (Wildman–Crippen LogP) is 2.69. The Hall–Kier alpha value is -3.10. The van der Waals surface area contributed by atoms with E-state index in [-0.39, 0.29) is 31.2 Å². The van der Waals surface area contributed by atoms with Gasteiger partial charge in [0, 0.05) is 18.3 Å². The molecule has 3 rings (SSSR count). The quantitative estimate of drug-likeness (QED) is 0.631. The molecule has 2 atom stereocenters. The van der Waals surface area contributed by atoms with Crippen LogP contribution in [0.2, 0.25) is 0 Å². The number of nitrogens with one attached hydrogen (secondary N) is 2. The van der Waals surface area contributed by atoms with E-state index >= 15 is 0 Å². The highest BCUT2D eigenvalue weighted by Gasteiger charge is 2.37. The number of amides is 3. The second kappa shape index (κ2) is 10.3. The summed E-state index contributed by atoms with van der Waals surface area (Å²) in [6.07, 6.45) is -0.473. The Morgan fingerprint density at radius 2 is 1.87 bits per heavy atom. The van der Waals surface area contributed by atoms with E-state index in [1.54, 1.807) is 24.1 Å². The summed E-state index contributed by atoms with van der Waals surface area (Å²) in [4.78, 5) is 26.1. The normalized spacial score (nSPS) is 18.7. The number of methoxy groups -OCH3 is 1. The molecule has 1 fully saturated rings. The number of anilines is 1. The van der Waals surface area contributed by atoms with Gasteiger partial charge < -0.3 is 30.1 Å². The van der Waals surface area contributed by atoms with Crippen LogP contribution >= 0.6 is 0 Å². The number of urea groups is 1. The van der Waals surface area contributed by atoms with Crippen LogP contribution in [0.1, 0.15) is 31.1 Å². The lowest BCUT2D eigenvalue weighted by atomic mass is 9.98. The Labute approximate surface area is 182 Å². The van der Waals surface area contributed by atoms with Gasteiger partial charge in [0.05, 0.1) is 19.8 Å². The van der Waals surface area contributed by atoms with Crippen molar-refractivity contribution in [2.45, 2.75) is 38.6 Å². The fourth-order valence-electron chi connectivity index (χ4n) is 3.53. The van der Waals surface area contributed by atoms with E-state index in [1.165, 1.54) is 0 Å². The summed E-state index contributed by atoms with van der Waals surface area (Å²) in [5.74, 6) is 0.569. The molecule has 1 aliphatic rings. The van der Waals surface area contributed by atoms with Gasteiger partial charge in [0.2, 0.25) is 5.91 Å². The van der Waals surface area contributed by atoms with Gasteiger partial charge in [0.1, 0.15) is 18.5 Å². The number of morpholine rings is 1. The Balaban J connectivity index is 1.73. The fraction of sp³-hybridized carbons (Fsp3) is 0.391. The van der Waals surface area contributed by atoms with Gasteiger partial charge in [-0.15, -0.1) is 0 Å². The molecule has 2 aromatic carbocycles. The molecule has 1 heterocycles. The minimum absolute atomic E-state index is 0.0365. The van der Waals surface area contributed by atoms with Crippen molar-refractivity contribution in [3.05, 3.63) is 59.7 Å². The van der Waals surface area contributed by atoms with Crippen molar-refractivity contribution in [2.24, 2.45) is 0 Å². The Morgan fingerprint density at radius 1 is 1.19 bits per heavy atom. The molecule has 8 heteroatoms. The second-order valence-electron chi connectivity index (χ2n) is 7.73. The molecule has 8 nitrogen and oxygen atoms in total. The summed E-state index contributed by atoms with van der Waals surface area (Å²) < 4.78 is 11.0. The first kappa shape index (κ1) is 22.6. The van der Waals surface area contributed by atoms with Crippen LogP contribution in [0.15, 0.2) is 48.5 Å². The minimum atomic E-state index is -0.522. The predicted molar refractivity (Wildman–Crippen MR) is 117 cm³/mol. The molecule has 3 amide bonds. The molecule has 2 aromatic rings. The highest BCUT2D eigenvalue weighted by atomic mass is 16.5. The van der Waals surface area contributed by atoms with Crippen LogP contribution in [0.3, 0.4) is 0 Å². The molecular formula is C23H29N3O5. The highest BCUT2D eigenvalue weighted by molar-refractivity contribution is 5.89. The van der Waals surface area contributed by atoms with Gasteiger partial charge in [-0.05, 0) is 49.2 Å². The van der Waals surface area contributed by atoms with Crippen molar-refractivity contribution in [2.75, 3.05) is 25.6 Å². The molecule has 0 bridgehead atoms. The number of carbonyl (C=O) groups is 2. The van der Waals surface area contributed by atoms with Crippen molar-refractivity contribution in [3.63, 3.8) is 0 Å².